The molecule has 0 atom stereocenters. The van der Waals surface area contributed by atoms with E-state index >= 15 is 0 Å². The van der Waals surface area contributed by atoms with Crippen LogP contribution in [0.25, 0.3) is 0 Å². The first kappa shape index (κ1) is 16.6. The molecule has 0 saturated heterocycles. The average Bonchev–Trinajstić information content (AvgIpc) is 3.04. The Labute approximate surface area is 139 Å². The smallest absolute Gasteiger partial charge is 0.241 e. The number of ether oxygens (including phenoxy) is 2. The molecule has 0 aliphatic carbocycles. The highest BCUT2D eigenvalue weighted by Gasteiger charge is 2.19. The predicted octanol–water partition coefficient (Wildman–Crippen LogP) is 2.43. The number of thiophene rings is 1. The molecule has 0 saturated carbocycles. The van der Waals surface area contributed by atoms with Gasteiger partial charge in [0.2, 0.25) is 5.91 Å². The van der Waals surface area contributed by atoms with Crippen molar-refractivity contribution in [2.45, 2.75) is 6.54 Å². The van der Waals surface area contributed by atoms with Gasteiger partial charge in [-0.25, -0.2) is 0 Å². The third kappa shape index (κ3) is 3.52. The van der Waals surface area contributed by atoms with Gasteiger partial charge in [-0.05, 0) is 23.6 Å². The van der Waals surface area contributed by atoms with Crippen molar-refractivity contribution in [3.05, 3.63) is 40.6 Å². The van der Waals surface area contributed by atoms with Crippen LogP contribution in [0.15, 0.2) is 35.7 Å². The second kappa shape index (κ2) is 7.49. The van der Waals surface area contributed by atoms with Gasteiger partial charge in [0.1, 0.15) is 13.2 Å². The predicted molar refractivity (Wildman–Crippen MR) is 89.2 cm³/mol. The van der Waals surface area contributed by atoms with Crippen LogP contribution in [-0.4, -0.2) is 25.7 Å². The molecule has 2 aromatic rings. The first-order valence-corrected chi connectivity index (χ1v) is 7.58. The van der Waals surface area contributed by atoms with E-state index in [1.165, 1.54) is 0 Å². The van der Waals surface area contributed by atoms with E-state index in [0.29, 0.717) is 31.3 Å². The van der Waals surface area contributed by atoms with Crippen LogP contribution in [0.5, 0.6) is 11.5 Å². The van der Waals surface area contributed by atoms with Gasteiger partial charge in [-0.1, -0.05) is 6.07 Å². The van der Waals surface area contributed by atoms with Gasteiger partial charge in [0.15, 0.2) is 11.5 Å². The van der Waals surface area contributed by atoms with Crippen LogP contribution in [-0.2, 0) is 11.3 Å². The number of carbonyl (C=O) groups is 1. The number of benzene rings is 1. The lowest BCUT2D eigenvalue weighted by Crippen LogP contribution is -2.35. The van der Waals surface area contributed by atoms with E-state index in [1.807, 2.05) is 35.7 Å². The zero-order valence-electron chi connectivity index (χ0n) is 11.9. The molecule has 0 bridgehead atoms. The van der Waals surface area contributed by atoms with Crippen LogP contribution >= 0.6 is 23.7 Å². The highest BCUT2D eigenvalue weighted by molar-refractivity contribution is 7.09. The van der Waals surface area contributed by atoms with E-state index in [-0.39, 0.29) is 24.9 Å². The van der Waals surface area contributed by atoms with Gasteiger partial charge in [-0.15, -0.1) is 23.7 Å². The number of halogens is 1. The summed E-state index contributed by atoms with van der Waals surface area (Å²) in [7, 11) is 0. The molecule has 0 fully saturated rings. The minimum Gasteiger partial charge on any atom is -0.486 e. The van der Waals surface area contributed by atoms with Crippen LogP contribution < -0.4 is 20.1 Å². The third-order valence-electron chi connectivity index (χ3n) is 3.21. The highest BCUT2D eigenvalue weighted by Crippen LogP contribution is 2.34. The number of anilines is 1. The maximum Gasteiger partial charge on any atom is 0.241 e. The summed E-state index contributed by atoms with van der Waals surface area (Å²) in [6.45, 7) is 1.55. The Kier molecular flexibility index (Phi) is 5.65. The van der Waals surface area contributed by atoms with Crippen molar-refractivity contribution in [3.63, 3.8) is 0 Å². The maximum atomic E-state index is 12.1. The first-order valence-electron chi connectivity index (χ1n) is 6.70. The Hall–Kier alpha value is -1.76. The van der Waals surface area contributed by atoms with Gasteiger partial charge in [0, 0.05) is 16.6 Å². The fraction of sp³-hybridized carbons (Fsp3) is 0.267. The summed E-state index contributed by atoms with van der Waals surface area (Å²) in [5.74, 6) is 1.25. The lowest BCUT2D eigenvalue weighted by atomic mass is 10.2. The number of carbonyl (C=O) groups excluding carboxylic acids is 1. The molecule has 0 unspecified atom stereocenters. The number of nitrogens with zero attached hydrogens (tertiary/aromatic N) is 1. The van der Waals surface area contributed by atoms with Crippen molar-refractivity contribution >= 4 is 35.3 Å². The number of rotatable bonds is 4. The van der Waals surface area contributed by atoms with Gasteiger partial charge < -0.3 is 20.1 Å². The topological polar surface area (TPSA) is 64.8 Å². The fourth-order valence-corrected chi connectivity index (χ4v) is 2.88. The third-order valence-corrected chi connectivity index (χ3v) is 4.07. The highest BCUT2D eigenvalue weighted by atomic mass is 35.5. The second-order valence-electron chi connectivity index (χ2n) is 4.59. The van der Waals surface area contributed by atoms with Gasteiger partial charge in [0.25, 0.3) is 0 Å². The number of fused-ring (bicyclic) bond motifs is 1. The molecule has 0 spiro atoms. The van der Waals surface area contributed by atoms with Crippen molar-refractivity contribution in [2.75, 3.05) is 24.7 Å². The molecule has 1 aromatic carbocycles. The number of amides is 1. The van der Waals surface area contributed by atoms with Crippen LogP contribution in [0.1, 0.15) is 4.88 Å². The van der Waals surface area contributed by atoms with E-state index in [2.05, 4.69) is 0 Å². The molecule has 7 heteroatoms. The van der Waals surface area contributed by atoms with E-state index in [1.54, 1.807) is 16.2 Å². The quantitative estimate of drug-likeness (QED) is 0.928. The second-order valence-corrected chi connectivity index (χ2v) is 5.62. The normalized spacial score (nSPS) is 12.4. The summed E-state index contributed by atoms with van der Waals surface area (Å²) in [5, 5.41) is 1.99. The van der Waals surface area contributed by atoms with E-state index < -0.39 is 0 Å². The molecule has 1 aliphatic rings. The number of hydrogen-bond donors (Lipinski definition) is 1. The molecule has 5 nitrogen and oxygen atoms in total. The number of hydrogen-bond acceptors (Lipinski definition) is 5. The van der Waals surface area contributed by atoms with Gasteiger partial charge in [0.05, 0.1) is 13.1 Å². The molecule has 1 aromatic heterocycles. The molecule has 2 heterocycles. The minimum absolute atomic E-state index is 0. The largest absolute Gasteiger partial charge is 0.486 e. The zero-order valence-corrected chi connectivity index (χ0v) is 13.5. The molecular weight excluding hydrogens is 324 g/mol. The Bertz CT molecular complexity index is 634. The zero-order chi connectivity index (χ0) is 14.7. The molecule has 1 amide bonds. The number of nitrogens with two attached hydrogens (primary N) is 1. The van der Waals surface area contributed by atoms with Gasteiger partial charge >= 0.3 is 0 Å². The Morgan fingerprint density at radius 3 is 2.68 bits per heavy atom. The van der Waals surface area contributed by atoms with Crippen LogP contribution in [0, 0.1) is 0 Å². The first-order chi connectivity index (χ1) is 10.3. The van der Waals surface area contributed by atoms with Gasteiger partial charge in [-0.2, -0.15) is 0 Å². The van der Waals surface area contributed by atoms with Crippen LogP contribution in [0.4, 0.5) is 5.69 Å². The summed E-state index contributed by atoms with van der Waals surface area (Å²) in [4.78, 5) is 14.9. The Morgan fingerprint density at radius 2 is 2.00 bits per heavy atom. The summed E-state index contributed by atoms with van der Waals surface area (Å²) in [6, 6.07) is 9.48. The summed E-state index contributed by atoms with van der Waals surface area (Å²) in [5.41, 5.74) is 6.30. The maximum absolute atomic E-state index is 12.1. The minimum atomic E-state index is -0.125. The molecule has 2 N–H and O–H groups in total. The summed E-state index contributed by atoms with van der Waals surface area (Å²) < 4.78 is 11.1. The van der Waals surface area contributed by atoms with Crippen molar-refractivity contribution < 1.29 is 14.3 Å². The summed E-state index contributed by atoms with van der Waals surface area (Å²) in [6.07, 6.45) is 0. The lowest BCUT2D eigenvalue weighted by Gasteiger charge is -2.24. The standard InChI is InChI=1S/C15H16N2O3S.ClH/c16-9-15(18)17(10-12-2-1-7-21-12)11-3-4-13-14(8-11)20-6-5-19-13;/h1-4,7-8H,5-6,9-10,16H2;1H. The summed E-state index contributed by atoms with van der Waals surface area (Å²) >= 11 is 1.61. The van der Waals surface area contributed by atoms with Crippen molar-refractivity contribution in [1.29, 1.82) is 0 Å². The van der Waals surface area contributed by atoms with Crippen LogP contribution in [0.3, 0.4) is 0 Å². The van der Waals surface area contributed by atoms with Crippen molar-refractivity contribution in [3.8, 4) is 11.5 Å². The monoisotopic (exact) mass is 340 g/mol. The molecule has 0 radical (unpaired) electrons. The Balaban J connectivity index is 0.00000176. The van der Waals surface area contributed by atoms with Gasteiger partial charge in [-0.3, -0.25) is 4.79 Å². The average molecular weight is 341 g/mol. The molecule has 22 heavy (non-hydrogen) atoms. The molecular formula is C15H17ClN2O3S. The van der Waals surface area contributed by atoms with Crippen LogP contribution in [0.2, 0.25) is 0 Å². The lowest BCUT2D eigenvalue weighted by molar-refractivity contribution is -0.117. The van der Waals surface area contributed by atoms with E-state index in [0.717, 1.165) is 10.6 Å². The fourth-order valence-electron chi connectivity index (χ4n) is 2.19. The van der Waals surface area contributed by atoms with E-state index in [9.17, 15) is 4.79 Å². The van der Waals surface area contributed by atoms with Crippen molar-refractivity contribution in [1.82, 2.24) is 0 Å². The molecule has 1 aliphatic heterocycles. The van der Waals surface area contributed by atoms with E-state index in [4.69, 9.17) is 15.2 Å². The molecule has 3 rings (SSSR count). The Morgan fingerprint density at radius 1 is 1.23 bits per heavy atom. The SMILES string of the molecule is Cl.NCC(=O)N(Cc1cccs1)c1ccc2c(c1)OCCO2. The molecule has 118 valence electrons. The van der Waals surface area contributed by atoms with Crippen molar-refractivity contribution in [2.24, 2.45) is 5.73 Å².